The zero-order chi connectivity index (χ0) is 24.8. The van der Waals surface area contributed by atoms with Gasteiger partial charge >= 0.3 is 0 Å². The van der Waals surface area contributed by atoms with E-state index in [9.17, 15) is 10.1 Å². The summed E-state index contributed by atoms with van der Waals surface area (Å²) in [7, 11) is 0. The number of carbonyl (C=O) groups is 1. The van der Waals surface area contributed by atoms with E-state index in [-0.39, 0.29) is 18.6 Å². The van der Waals surface area contributed by atoms with E-state index in [2.05, 4.69) is 28.3 Å². The topological polar surface area (TPSA) is 112 Å². The summed E-state index contributed by atoms with van der Waals surface area (Å²) in [6.45, 7) is 5.32. The van der Waals surface area contributed by atoms with Crippen molar-refractivity contribution in [3.63, 3.8) is 0 Å². The van der Waals surface area contributed by atoms with E-state index in [1.54, 1.807) is 18.2 Å². The molecule has 0 aliphatic carbocycles. The third-order valence-electron chi connectivity index (χ3n) is 6.05. The molecule has 2 aromatic carbocycles. The van der Waals surface area contributed by atoms with Crippen LogP contribution >= 0.6 is 0 Å². The maximum atomic E-state index is 12.5. The van der Waals surface area contributed by atoms with Crippen LogP contribution in [0.5, 0.6) is 5.75 Å². The lowest BCUT2D eigenvalue weighted by molar-refractivity contribution is -0.131. The van der Waals surface area contributed by atoms with Crippen molar-refractivity contribution < 1.29 is 19.2 Å². The Morgan fingerprint density at radius 1 is 1.14 bits per heavy atom. The number of rotatable bonds is 8. The lowest BCUT2D eigenvalue weighted by Crippen LogP contribution is -2.33. The standard InChI is InChI=1S/C27H30N4O4/c1-18(2)34-24-9-8-22(16-23(24)17-28)27-29-26(30-35-27)21-7-6-19-10-12-31(13-11-20(19)15-21)25(33)5-3-4-14-32/h6-9,15-16,18,32H,3-5,10-14H2,1-2H3. The van der Waals surface area contributed by atoms with E-state index >= 15 is 0 Å². The number of nitrogens with zero attached hydrogens (tertiary/aromatic N) is 4. The Labute approximate surface area is 205 Å². The van der Waals surface area contributed by atoms with E-state index in [1.807, 2.05) is 24.8 Å². The molecule has 8 heteroatoms. The molecule has 0 spiro atoms. The van der Waals surface area contributed by atoms with Crippen molar-refractivity contribution in [2.45, 2.75) is 52.1 Å². The monoisotopic (exact) mass is 474 g/mol. The number of carbonyl (C=O) groups excluding carboxylic acids is 1. The zero-order valence-corrected chi connectivity index (χ0v) is 20.2. The van der Waals surface area contributed by atoms with Crippen LogP contribution in [0.15, 0.2) is 40.9 Å². The first-order valence-electron chi connectivity index (χ1n) is 12.0. The first-order chi connectivity index (χ1) is 17.0. The molecule has 0 saturated carbocycles. The molecule has 1 aliphatic rings. The minimum atomic E-state index is -0.0346. The molecule has 4 rings (SSSR count). The van der Waals surface area contributed by atoms with Gasteiger partial charge in [-0.3, -0.25) is 4.79 Å². The number of hydrogen-bond donors (Lipinski definition) is 1. The van der Waals surface area contributed by atoms with Crippen LogP contribution in [-0.2, 0) is 17.6 Å². The number of ether oxygens (including phenoxy) is 1. The quantitative estimate of drug-likeness (QED) is 0.488. The molecule has 2 heterocycles. The predicted molar refractivity (Wildman–Crippen MR) is 131 cm³/mol. The minimum absolute atomic E-state index is 0.0346. The number of aromatic nitrogens is 2. The third kappa shape index (κ3) is 5.87. The molecule has 35 heavy (non-hydrogen) atoms. The van der Waals surface area contributed by atoms with E-state index < -0.39 is 0 Å². The average molecular weight is 475 g/mol. The molecule has 0 radical (unpaired) electrons. The van der Waals surface area contributed by atoms with Gasteiger partial charge in [-0.05, 0) is 74.9 Å². The molecule has 0 bridgehead atoms. The highest BCUT2D eigenvalue weighted by molar-refractivity contribution is 5.76. The number of unbranched alkanes of at least 4 members (excludes halogenated alkanes) is 1. The lowest BCUT2D eigenvalue weighted by Gasteiger charge is -2.20. The zero-order valence-electron chi connectivity index (χ0n) is 20.2. The van der Waals surface area contributed by atoms with Crippen molar-refractivity contribution in [2.24, 2.45) is 0 Å². The van der Waals surface area contributed by atoms with Gasteiger partial charge < -0.3 is 19.3 Å². The fourth-order valence-electron chi connectivity index (χ4n) is 4.22. The summed E-state index contributed by atoms with van der Waals surface area (Å²) in [5.74, 6) is 1.49. The molecule has 0 fully saturated rings. The highest BCUT2D eigenvalue weighted by atomic mass is 16.5. The summed E-state index contributed by atoms with van der Waals surface area (Å²) in [6.07, 6.45) is 3.39. The summed E-state index contributed by atoms with van der Waals surface area (Å²) < 4.78 is 11.2. The van der Waals surface area contributed by atoms with Crippen molar-refractivity contribution in [1.82, 2.24) is 15.0 Å². The Bertz CT molecular complexity index is 1230. The Balaban J connectivity index is 1.49. The highest BCUT2D eigenvalue weighted by Crippen LogP contribution is 2.29. The molecule has 0 saturated heterocycles. The maximum absolute atomic E-state index is 12.5. The van der Waals surface area contributed by atoms with Crippen LogP contribution in [0.2, 0.25) is 0 Å². The van der Waals surface area contributed by atoms with Crippen LogP contribution in [0.1, 0.15) is 49.8 Å². The fraction of sp³-hybridized carbons (Fsp3) is 0.407. The smallest absolute Gasteiger partial charge is 0.258 e. The summed E-state index contributed by atoms with van der Waals surface area (Å²) in [5.41, 5.74) is 4.32. The Morgan fingerprint density at radius 3 is 2.66 bits per heavy atom. The van der Waals surface area contributed by atoms with Crippen molar-refractivity contribution in [1.29, 1.82) is 5.26 Å². The molecule has 182 valence electrons. The Hall–Kier alpha value is -3.70. The maximum Gasteiger partial charge on any atom is 0.258 e. The Kier molecular flexibility index (Phi) is 7.78. The molecule has 0 atom stereocenters. The first-order valence-corrected chi connectivity index (χ1v) is 12.0. The number of aliphatic hydroxyl groups excluding tert-OH is 1. The molecular formula is C27H30N4O4. The van der Waals surface area contributed by atoms with Crippen LogP contribution in [0.4, 0.5) is 0 Å². The second-order valence-electron chi connectivity index (χ2n) is 8.96. The molecule has 0 unspecified atom stereocenters. The second-order valence-corrected chi connectivity index (χ2v) is 8.96. The normalized spacial score (nSPS) is 13.3. The number of nitriles is 1. The SMILES string of the molecule is CC(C)Oc1ccc(-c2nc(-c3ccc4c(c3)CCN(C(=O)CCCCO)CC4)no2)cc1C#N. The van der Waals surface area contributed by atoms with E-state index in [0.717, 1.165) is 18.4 Å². The van der Waals surface area contributed by atoms with Gasteiger partial charge in [-0.1, -0.05) is 17.3 Å². The van der Waals surface area contributed by atoms with Crippen molar-refractivity contribution in [2.75, 3.05) is 19.7 Å². The predicted octanol–water partition coefficient (Wildman–Crippen LogP) is 4.15. The van der Waals surface area contributed by atoms with Crippen molar-refractivity contribution in [3.05, 3.63) is 53.1 Å². The Morgan fingerprint density at radius 2 is 1.91 bits per heavy atom. The van der Waals surface area contributed by atoms with Gasteiger partial charge in [0, 0.05) is 37.2 Å². The lowest BCUT2D eigenvalue weighted by atomic mass is 10.00. The summed E-state index contributed by atoms with van der Waals surface area (Å²) in [5, 5.41) is 22.6. The first kappa shape index (κ1) is 24.4. The van der Waals surface area contributed by atoms with Gasteiger partial charge in [-0.25, -0.2) is 0 Å². The van der Waals surface area contributed by atoms with Crippen LogP contribution in [0.25, 0.3) is 22.8 Å². The molecule has 8 nitrogen and oxygen atoms in total. The number of fused-ring (bicyclic) bond motifs is 1. The van der Waals surface area contributed by atoms with E-state index in [4.69, 9.17) is 14.4 Å². The van der Waals surface area contributed by atoms with Gasteiger partial charge in [-0.15, -0.1) is 0 Å². The summed E-state index contributed by atoms with van der Waals surface area (Å²) in [4.78, 5) is 19.0. The number of aliphatic hydroxyl groups is 1. The van der Waals surface area contributed by atoms with Gasteiger partial charge in [-0.2, -0.15) is 10.2 Å². The van der Waals surface area contributed by atoms with Crippen molar-refractivity contribution in [3.8, 4) is 34.7 Å². The number of hydrogen-bond acceptors (Lipinski definition) is 7. The summed E-state index contributed by atoms with van der Waals surface area (Å²) >= 11 is 0. The average Bonchev–Trinajstić information content (AvgIpc) is 3.25. The van der Waals surface area contributed by atoms with Gasteiger partial charge in [0.1, 0.15) is 11.8 Å². The summed E-state index contributed by atoms with van der Waals surface area (Å²) in [6, 6.07) is 13.5. The van der Waals surface area contributed by atoms with Crippen molar-refractivity contribution >= 4 is 5.91 Å². The second kappa shape index (κ2) is 11.2. The molecule has 1 N–H and O–H groups in total. The number of benzene rings is 2. The van der Waals surface area contributed by atoms with Crippen LogP contribution in [0, 0.1) is 11.3 Å². The van der Waals surface area contributed by atoms with Crippen LogP contribution < -0.4 is 4.74 Å². The minimum Gasteiger partial charge on any atom is -0.490 e. The third-order valence-corrected chi connectivity index (χ3v) is 6.05. The van der Waals surface area contributed by atoms with E-state index in [0.29, 0.717) is 60.9 Å². The highest BCUT2D eigenvalue weighted by Gasteiger charge is 2.20. The van der Waals surface area contributed by atoms with Gasteiger partial charge in [0.05, 0.1) is 11.7 Å². The molecule has 1 amide bonds. The largest absolute Gasteiger partial charge is 0.490 e. The van der Waals surface area contributed by atoms with E-state index in [1.165, 1.54) is 11.1 Å². The van der Waals surface area contributed by atoms with Gasteiger partial charge in [0.25, 0.3) is 5.89 Å². The molecule has 1 aliphatic heterocycles. The molecule has 1 aromatic heterocycles. The number of amides is 1. The van der Waals surface area contributed by atoms with Crippen LogP contribution in [-0.4, -0.2) is 51.9 Å². The molecule has 3 aromatic rings. The fourth-order valence-corrected chi connectivity index (χ4v) is 4.22. The van der Waals surface area contributed by atoms with Crippen LogP contribution in [0.3, 0.4) is 0 Å². The van der Waals surface area contributed by atoms with Gasteiger partial charge in [0.15, 0.2) is 0 Å². The molecular weight excluding hydrogens is 444 g/mol. The van der Waals surface area contributed by atoms with Gasteiger partial charge in [0.2, 0.25) is 11.7 Å².